The van der Waals surface area contributed by atoms with E-state index in [1.165, 1.54) is 18.2 Å². The fraction of sp³-hybridized carbons (Fsp3) is 0.150. The van der Waals surface area contributed by atoms with Crippen LogP contribution < -0.4 is 5.32 Å². The van der Waals surface area contributed by atoms with Crippen molar-refractivity contribution < 1.29 is 17.6 Å². The van der Waals surface area contributed by atoms with Crippen LogP contribution in [0.1, 0.15) is 5.56 Å². The number of carbonyl (C=O) groups excluding carboxylic acids is 1. The Kier molecular flexibility index (Phi) is 5.53. The quantitative estimate of drug-likeness (QED) is 0.706. The second-order valence-electron chi connectivity index (χ2n) is 6.20. The summed E-state index contributed by atoms with van der Waals surface area (Å²) in [5.74, 6) is -1.01. The number of hydrogen-bond acceptors (Lipinski definition) is 3. The zero-order valence-electron chi connectivity index (χ0n) is 14.7. The normalized spacial score (nSPS) is 11.7. The van der Waals surface area contributed by atoms with E-state index in [2.05, 4.69) is 5.32 Å². The molecule has 0 atom stereocenters. The van der Waals surface area contributed by atoms with Gasteiger partial charge in [-0.25, -0.2) is 12.8 Å². The van der Waals surface area contributed by atoms with E-state index in [4.69, 9.17) is 0 Å². The van der Waals surface area contributed by atoms with Gasteiger partial charge < -0.3 is 5.32 Å². The van der Waals surface area contributed by atoms with Crippen LogP contribution in [0.5, 0.6) is 0 Å². The first-order chi connectivity index (χ1) is 12.8. The third kappa shape index (κ3) is 4.69. The first-order valence-corrected chi connectivity index (χ1v) is 10.2. The standard InChI is InChI=1S/C20H19FN2O3S/c1-27(25,26)23(13-16-8-3-5-11-18(16)21)14-20(24)22-19-12-6-9-15-7-2-4-10-17(15)19/h2-12H,13-14H2,1H3,(H,22,24). The van der Waals surface area contributed by atoms with Crippen molar-refractivity contribution in [2.75, 3.05) is 18.1 Å². The molecule has 1 N–H and O–H groups in total. The predicted octanol–water partition coefficient (Wildman–Crippen LogP) is 3.38. The largest absolute Gasteiger partial charge is 0.324 e. The summed E-state index contributed by atoms with van der Waals surface area (Å²) in [6, 6.07) is 18.9. The molecule has 5 nitrogen and oxygen atoms in total. The van der Waals surface area contributed by atoms with Crippen molar-refractivity contribution in [1.29, 1.82) is 0 Å². The highest BCUT2D eigenvalue weighted by Gasteiger charge is 2.22. The summed E-state index contributed by atoms with van der Waals surface area (Å²) in [4.78, 5) is 12.5. The van der Waals surface area contributed by atoms with Crippen molar-refractivity contribution in [3.8, 4) is 0 Å². The first-order valence-electron chi connectivity index (χ1n) is 8.31. The molecule has 1 amide bonds. The molecule has 0 radical (unpaired) electrons. The second kappa shape index (κ2) is 7.85. The van der Waals surface area contributed by atoms with E-state index in [0.29, 0.717) is 5.69 Å². The van der Waals surface area contributed by atoms with Crippen LogP contribution in [0.2, 0.25) is 0 Å². The monoisotopic (exact) mass is 386 g/mol. The van der Waals surface area contributed by atoms with Crippen molar-refractivity contribution in [1.82, 2.24) is 4.31 Å². The van der Waals surface area contributed by atoms with Gasteiger partial charge in [-0.2, -0.15) is 4.31 Å². The van der Waals surface area contributed by atoms with Gasteiger partial charge in [0.05, 0.1) is 12.8 Å². The van der Waals surface area contributed by atoms with Crippen molar-refractivity contribution in [3.63, 3.8) is 0 Å². The van der Waals surface area contributed by atoms with Crippen molar-refractivity contribution in [2.45, 2.75) is 6.54 Å². The van der Waals surface area contributed by atoms with Crippen LogP contribution in [0.4, 0.5) is 10.1 Å². The second-order valence-corrected chi connectivity index (χ2v) is 8.18. The Labute approximate surface area is 157 Å². The molecule has 27 heavy (non-hydrogen) atoms. The third-order valence-electron chi connectivity index (χ3n) is 4.16. The minimum absolute atomic E-state index is 0.209. The molecule has 0 aliphatic rings. The Bertz CT molecular complexity index is 1080. The van der Waals surface area contributed by atoms with Crippen LogP contribution in [-0.2, 0) is 21.4 Å². The summed E-state index contributed by atoms with van der Waals surface area (Å²) in [7, 11) is -3.70. The summed E-state index contributed by atoms with van der Waals surface area (Å²) in [6.45, 7) is -0.620. The number of amides is 1. The maximum Gasteiger partial charge on any atom is 0.239 e. The maximum absolute atomic E-state index is 13.9. The molecule has 0 spiro atoms. The molecule has 3 aromatic carbocycles. The average Bonchev–Trinajstić information content (AvgIpc) is 2.62. The van der Waals surface area contributed by atoms with Gasteiger partial charge >= 0.3 is 0 Å². The van der Waals surface area contributed by atoms with E-state index in [1.807, 2.05) is 36.4 Å². The molecule has 3 aromatic rings. The number of fused-ring (bicyclic) bond motifs is 1. The number of sulfonamides is 1. The fourth-order valence-corrected chi connectivity index (χ4v) is 3.52. The maximum atomic E-state index is 13.9. The minimum atomic E-state index is -3.70. The fourth-order valence-electron chi connectivity index (χ4n) is 2.79. The van der Waals surface area contributed by atoms with Gasteiger partial charge in [0.15, 0.2) is 0 Å². The Morgan fingerprint density at radius 2 is 1.67 bits per heavy atom. The van der Waals surface area contributed by atoms with Gasteiger partial charge in [0.1, 0.15) is 5.82 Å². The van der Waals surface area contributed by atoms with Crippen LogP contribution in [0.3, 0.4) is 0 Å². The average molecular weight is 386 g/mol. The smallest absolute Gasteiger partial charge is 0.239 e. The van der Waals surface area contributed by atoms with Crippen LogP contribution in [0.25, 0.3) is 10.8 Å². The molecule has 3 rings (SSSR count). The topological polar surface area (TPSA) is 66.5 Å². The number of nitrogens with zero attached hydrogens (tertiary/aromatic N) is 1. The molecule has 0 aliphatic carbocycles. The highest BCUT2D eigenvalue weighted by atomic mass is 32.2. The van der Waals surface area contributed by atoms with Gasteiger partial charge in [0.25, 0.3) is 0 Å². The number of hydrogen-bond donors (Lipinski definition) is 1. The van der Waals surface area contributed by atoms with Gasteiger partial charge in [0, 0.05) is 23.2 Å². The van der Waals surface area contributed by atoms with Gasteiger partial charge in [0.2, 0.25) is 15.9 Å². The Morgan fingerprint density at radius 1 is 1.00 bits per heavy atom. The van der Waals surface area contributed by atoms with Gasteiger partial charge in [-0.3, -0.25) is 4.79 Å². The third-order valence-corrected chi connectivity index (χ3v) is 5.35. The molecule has 0 heterocycles. The summed E-state index contributed by atoms with van der Waals surface area (Å²) >= 11 is 0. The summed E-state index contributed by atoms with van der Waals surface area (Å²) in [5.41, 5.74) is 0.804. The van der Waals surface area contributed by atoms with E-state index in [0.717, 1.165) is 21.3 Å². The number of benzene rings is 3. The Balaban J connectivity index is 1.80. The molecular weight excluding hydrogens is 367 g/mol. The minimum Gasteiger partial charge on any atom is -0.324 e. The lowest BCUT2D eigenvalue weighted by Crippen LogP contribution is -2.37. The molecule has 140 valence electrons. The predicted molar refractivity (Wildman–Crippen MR) is 104 cm³/mol. The number of rotatable bonds is 6. The number of nitrogens with one attached hydrogen (secondary N) is 1. The summed E-state index contributed by atoms with van der Waals surface area (Å²) in [5, 5.41) is 4.56. The molecule has 0 aromatic heterocycles. The van der Waals surface area contributed by atoms with E-state index in [1.54, 1.807) is 12.1 Å². The molecule has 0 fully saturated rings. The zero-order valence-corrected chi connectivity index (χ0v) is 15.5. The Hall–Kier alpha value is -2.77. The molecule has 0 unspecified atom stereocenters. The SMILES string of the molecule is CS(=O)(=O)N(CC(=O)Nc1cccc2ccccc12)Cc1ccccc1F. The highest BCUT2D eigenvalue weighted by molar-refractivity contribution is 7.88. The lowest BCUT2D eigenvalue weighted by Gasteiger charge is -2.20. The van der Waals surface area contributed by atoms with E-state index in [-0.39, 0.29) is 12.1 Å². The van der Waals surface area contributed by atoms with Crippen LogP contribution in [0.15, 0.2) is 66.7 Å². The molecule has 0 saturated carbocycles. The Morgan fingerprint density at radius 3 is 2.41 bits per heavy atom. The first kappa shape index (κ1) is 19.0. The van der Waals surface area contributed by atoms with Crippen molar-refractivity contribution in [3.05, 3.63) is 78.1 Å². The summed E-state index contributed by atoms with van der Waals surface area (Å²) < 4.78 is 39.0. The zero-order chi connectivity index (χ0) is 19.4. The lowest BCUT2D eigenvalue weighted by molar-refractivity contribution is -0.116. The molecule has 0 saturated heterocycles. The van der Waals surface area contributed by atoms with E-state index < -0.39 is 28.3 Å². The lowest BCUT2D eigenvalue weighted by atomic mass is 10.1. The molecule has 7 heteroatoms. The van der Waals surface area contributed by atoms with Crippen LogP contribution >= 0.6 is 0 Å². The van der Waals surface area contributed by atoms with Crippen molar-refractivity contribution >= 4 is 32.4 Å². The van der Waals surface area contributed by atoms with Crippen molar-refractivity contribution in [2.24, 2.45) is 0 Å². The number of carbonyl (C=O) groups is 1. The van der Waals surface area contributed by atoms with Gasteiger partial charge in [-0.05, 0) is 17.5 Å². The number of anilines is 1. The van der Waals surface area contributed by atoms with Gasteiger partial charge in [-0.15, -0.1) is 0 Å². The number of halogens is 1. The molecular formula is C20H19FN2O3S. The summed E-state index contributed by atoms with van der Waals surface area (Å²) in [6.07, 6.45) is 0.999. The van der Waals surface area contributed by atoms with E-state index in [9.17, 15) is 17.6 Å². The molecule has 0 bridgehead atoms. The molecule has 0 aliphatic heterocycles. The van der Waals surface area contributed by atoms with E-state index >= 15 is 0 Å². The van der Waals surface area contributed by atoms with Crippen LogP contribution in [-0.4, -0.2) is 31.4 Å². The van der Waals surface area contributed by atoms with Crippen LogP contribution in [0, 0.1) is 5.82 Å². The highest BCUT2D eigenvalue weighted by Crippen LogP contribution is 2.23. The van der Waals surface area contributed by atoms with Gasteiger partial charge in [-0.1, -0.05) is 54.6 Å².